The van der Waals surface area contributed by atoms with Crippen LogP contribution in [-0.2, 0) is 5.60 Å². The molecule has 1 atom stereocenters. The topological polar surface area (TPSA) is 20.2 Å². The van der Waals surface area contributed by atoms with Gasteiger partial charge in [0, 0.05) is 0 Å². The summed E-state index contributed by atoms with van der Waals surface area (Å²) in [5.41, 5.74) is 3.80. The molecule has 1 nitrogen and oxygen atoms in total. The van der Waals surface area contributed by atoms with Gasteiger partial charge >= 0.3 is 0 Å². The lowest BCUT2D eigenvalue weighted by molar-refractivity contribution is 0.0109. The zero-order valence-electron chi connectivity index (χ0n) is 13.7. The van der Waals surface area contributed by atoms with Gasteiger partial charge in [-0.3, -0.25) is 0 Å². The Morgan fingerprint density at radius 3 is 1.86 bits per heavy atom. The van der Waals surface area contributed by atoms with Crippen LogP contribution in [0.5, 0.6) is 0 Å². The van der Waals surface area contributed by atoms with Crippen LogP contribution in [0.1, 0.15) is 57.1 Å². The first-order valence-corrected chi connectivity index (χ1v) is 8.65. The van der Waals surface area contributed by atoms with E-state index in [4.69, 9.17) is 0 Å². The normalized spacial score (nSPS) is 16.1. The van der Waals surface area contributed by atoms with Crippen LogP contribution in [-0.4, -0.2) is 5.11 Å². The van der Waals surface area contributed by atoms with Crippen molar-refractivity contribution in [2.75, 3.05) is 0 Å². The van der Waals surface area contributed by atoms with Gasteiger partial charge in [-0.2, -0.15) is 0 Å². The first-order valence-electron chi connectivity index (χ1n) is 8.65. The van der Waals surface area contributed by atoms with E-state index in [1.165, 1.54) is 24.0 Å². The minimum Gasteiger partial charge on any atom is -0.380 e. The number of unbranched alkanes of at least 4 members (excludes halogenated alkanes) is 1. The van der Waals surface area contributed by atoms with Gasteiger partial charge in [0.25, 0.3) is 0 Å². The van der Waals surface area contributed by atoms with Gasteiger partial charge in [-0.1, -0.05) is 81.6 Å². The number of aliphatic hydroxyl groups is 1. The summed E-state index contributed by atoms with van der Waals surface area (Å²) in [4.78, 5) is 0. The Labute approximate surface area is 134 Å². The van der Waals surface area contributed by atoms with Crippen molar-refractivity contribution in [3.05, 3.63) is 59.7 Å². The van der Waals surface area contributed by atoms with Crippen molar-refractivity contribution in [3.8, 4) is 11.1 Å². The fourth-order valence-corrected chi connectivity index (χ4v) is 4.05. The third-order valence-corrected chi connectivity index (χ3v) is 5.10. The van der Waals surface area contributed by atoms with E-state index in [-0.39, 0.29) is 0 Å². The number of fused-ring (bicyclic) bond motifs is 3. The Kier molecular flexibility index (Phi) is 4.35. The highest BCUT2D eigenvalue weighted by Crippen LogP contribution is 2.53. The average Bonchev–Trinajstić information content (AvgIpc) is 2.83. The van der Waals surface area contributed by atoms with E-state index in [0.717, 1.165) is 30.4 Å². The van der Waals surface area contributed by atoms with E-state index in [1.807, 2.05) is 0 Å². The van der Waals surface area contributed by atoms with Crippen LogP contribution < -0.4 is 0 Å². The molecule has 1 aliphatic carbocycles. The van der Waals surface area contributed by atoms with E-state index in [2.05, 4.69) is 62.4 Å². The maximum atomic E-state index is 11.8. The van der Waals surface area contributed by atoms with Crippen molar-refractivity contribution in [2.45, 2.75) is 51.6 Å². The molecule has 0 saturated carbocycles. The molecule has 22 heavy (non-hydrogen) atoms. The summed E-state index contributed by atoms with van der Waals surface area (Å²) in [5, 5.41) is 11.8. The summed E-state index contributed by atoms with van der Waals surface area (Å²) in [6, 6.07) is 16.8. The van der Waals surface area contributed by atoms with Gasteiger partial charge in [-0.15, -0.1) is 0 Å². The molecule has 0 heterocycles. The molecule has 0 fully saturated rings. The number of hydrogen-bond donors (Lipinski definition) is 1. The molecule has 0 bridgehead atoms. The van der Waals surface area contributed by atoms with Crippen molar-refractivity contribution in [1.82, 2.24) is 0 Å². The second-order valence-electron chi connectivity index (χ2n) is 6.49. The molecule has 3 rings (SSSR count). The van der Waals surface area contributed by atoms with Crippen molar-refractivity contribution >= 4 is 0 Å². The minimum absolute atomic E-state index is 0.294. The zero-order chi connectivity index (χ0) is 15.6. The van der Waals surface area contributed by atoms with Gasteiger partial charge in [0.1, 0.15) is 5.60 Å². The maximum absolute atomic E-state index is 11.8. The van der Waals surface area contributed by atoms with Crippen LogP contribution in [0, 0.1) is 5.92 Å². The highest BCUT2D eigenvalue weighted by Gasteiger charge is 2.46. The standard InChI is InChI=1S/C21H26O/c1-3-5-11-16(10-4-2)21(22)19-14-8-6-12-17(19)18-13-7-9-15-20(18)21/h6-9,12-16,22H,3-5,10-11H2,1-2H3. The van der Waals surface area contributed by atoms with Crippen LogP contribution >= 0.6 is 0 Å². The summed E-state index contributed by atoms with van der Waals surface area (Å²) in [6.45, 7) is 4.44. The first kappa shape index (κ1) is 15.3. The molecule has 1 aliphatic rings. The molecule has 0 radical (unpaired) electrons. The number of benzene rings is 2. The fourth-order valence-electron chi connectivity index (χ4n) is 4.05. The fraction of sp³-hybridized carbons (Fsp3) is 0.429. The summed E-state index contributed by atoms with van der Waals surface area (Å²) in [5.74, 6) is 0.294. The quantitative estimate of drug-likeness (QED) is 0.745. The highest BCUT2D eigenvalue weighted by atomic mass is 16.3. The van der Waals surface area contributed by atoms with Crippen molar-refractivity contribution in [1.29, 1.82) is 0 Å². The summed E-state index contributed by atoms with van der Waals surface area (Å²) in [6.07, 6.45) is 5.63. The second-order valence-corrected chi connectivity index (χ2v) is 6.49. The molecular weight excluding hydrogens is 268 g/mol. The lowest BCUT2D eigenvalue weighted by Crippen LogP contribution is -2.34. The third kappa shape index (κ3) is 2.28. The molecule has 0 amide bonds. The summed E-state index contributed by atoms with van der Waals surface area (Å²) < 4.78 is 0. The number of hydrogen-bond acceptors (Lipinski definition) is 1. The smallest absolute Gasteiger partial charge is 0.119 e. The Hall–Kier alpha value is -1.60. The van der Waals surface area contributed by atoms with Gasteiger partial charge in [0.05, 0.1) is 0 Å². The van der Waals surface area contributed by atoms with Crippen LogP contribution in [0.2, 0.25) is 0 Å². The van der Waals surface area contributed by atoms with Crippen molar-refractivity contribution in [3.63, 3.8) is 0 Å². The third-order valence-electron chi connectivity index (χ3n) is 5.10. The van der Waals surface area contributed by atoms with Gasteiger partial charge in [-0.05, 0) is 41.0 Å². The Balaban J connectivity index is 2.14. The van der Waals surface area contributed by atoms with Gasteiger partial charge in [-0.25, -0.2) is 0 Å². The molecule has 1 heteroatoms. The Morgan fingerprint density at radius 1 is 0.818 bits per heavy atom. The van der Waals surface area contributed by atoms with Crippen LogP contribution in [0.15, 0.2) is 48.5 Å². The molecule has 2 aromatic rings. The Morgan fingerprint density at radius 2 is 1.36 bits per heavy atom. The van der Waals surface area contributed by atoms with E-state index < -0.39 is 5.60 Å². The molecule has 0 aliphatic heterocycles. The molecule has 0 saturated heterocycles. The van der Waals surface area contributed by atoms with E-state index in [0.29, 0.717) is 5.92 Å². The molecule has 1 N–H and O–H groups in total. The molecule has 2 aromatic carbocycles. The molecule has 0 spiro atoms. The van der Waals surface area contributed by atoms with E-state index >= 15 is 0 Å². The maximum Gasteiger partial charge on any atom is 0.119 e. The second kappa shape index (κ2) is 6.26. The van der Waals surface area contributed by atoms with E-state index in [9.17, 15) is 5.11 Å². The zero-order valence-corrected chi connectivity index (χ0v) is 13.7. The highest BCUT2D eigenvalue weighted by molar-refractivity contribution is 5.80. The van der Waals surface area contributed by atoms with E-state index in [1.54, 1.807) is 0 Å². The van der Waals surface area contributed by atoms with Crippen molar-refractivity contribution < 1.29 is 5.11 Å². The van der Waals surface area contributed by atoms with Crippen LogP contribution in [0.25, 0.3) is 11.1 Å². The summed E-state index contributed by atoms with van der Waals surface area (Å²) >= 11 is 0. The van der Waals surface area contributed by atoms with Crippen LogP contribution in [0.3, 0.4) is 0 Å². The van der Waals surface area contributed by atoms with Crippen molar-refractivity contribution in [2.24, 2.45) is 5.92 Å². The molecular formula is C21H26O. The average molecular weight is 294 g/mol. The molecule has 0 aromatic heterocycles. The molecule has 1 unspecified atom stereocenters. The predicted octanol–water partition coefficient (Wildman–Crippen LogP) is 5.51. The van der Waals surface area contributed by atoms with Gasteiger partial charge in [0.2, 0.25) is 0 Å². The monoisotopic (exact) mass is 294 g/mol. The number of rotatable bonds is 6. The largest absolute Gasteiger partial charge is 0.380 e. The lowest BCUT2D eigenvalue weighted by Gasteiger charge is -2.35. The lowest BCUT2D eigenvalue weighted by atomic mass is 9.75. The summed E-state index contributed by atoms with van der Waals surface area (Å²) in [7, 11) is 0. The Bertz CT molecular complexity index is 598. The van der Waals surface area contributed by atoms with Gasteiger partial charge < -0.3 is 5.11 Å². The van der Waals surface area contributed by atoms with Crippen LogP contribution in [0.4, 0.5) is 0 Å². The minimum atomic E-state index is -0.821. The predicted molar refractivity (Wildman–Crippen MR) is 92.8 cm³/mol. The van der Waals surface area contributed by atoms with Gasteiger partial charge in [0.15, 0.2) is 0 Å². The SMILES string of the molecule is CCCCC(CCC)C1(O)c2ccccc2-c2ccccc21. The molecule has 116 valence electrons. The first-order chi connectivity index (χ1) is 10.7.